The Kier molecular flexibility index (Phi) is 8.47. The zero-order chi connectivity index (χ0) is 22.3. The summed E-state index contributed by atoms with van der Waals surface area (Å²) in [5, 5.41) is 5.04. The summed E-state index contributed by atoms with van der Waals surface area (Å²) in [4.78, 5) is 30.8. The number of nitrogens with zero attached hydrogens (tertiary/aromatic N) is 2. The topological polar surface area (TPSA) is 52.7 Å². The van der Waals surface area contributed by atoms with E-state index in [1.807, 2.05) is 56.0 Å². The highest BCUT2D eigenvalue weighted by Gasteiger charge is 2.25. The third-order valence-corrected chi connectivity index (χ3v) is 5.56. The zero-order valence-electron chi connectivity index (χ0n) is 19.1. The normalized spacial score (nSPS) is 11.4. The molecule has 0 aliphatic rings. The maximum absolute atomic E-state index is 13.4. The Balaban J connectivity index is 2.20. The van der Waals surface area contributed by atoms with Crippen LogP contribution in [0.4, 0.5) is 4.79 Å². The van der Waals surface area contributed by atoms with Gasteiger partial charge in [-0.3, -0.25) is 4.79 Å². The lowest BCUT2D eigenvalue weighted by Gasteiger charge is -2.31. The van der Waals surface area contributed by atoms with Gasteiger partial charge < -0.3 is 15.1 Å². The highest BCUT2D eigenvalue weighted by Crippen LogP contribution is 2.20. The Hall–Kier alpha value is -2.34. The molecule has 1 aromatic heterocycles. The lowest BCUT2D eigenvalue weighted by Crippen LogP contribution is -2.52. The van der Waals surface area contributed by atoms with E-state index in [1.165, 1.54) is 10.4 Å². The molecule has 0 aliphatic carbocycles. The summed E-state index contributed by atoms with van der Waals surface area (Å²) in [7, 11) is 0. The van der Waals surface area contributed by atoms with E-state index in [1.54, 1.807) is 16.2 Å². The maximum atomic E-state index is 13.4. The van der Waals surface area contributed by atoms with E-state index in [2.05, 4.69) is 37.5 Å². The van der Waals surface area contributed by atoms with Gasteiger partial charge in [0, 0.05) is 23.5 Å². The first kappa shape index (κ1) is 23.9. The largest absolute Gasteiger partial charge is 0.333 e. The van der Waals surface area contributed by atoms with Gasteiger partial charge in [-0.25, -0.2) is 4.79 Å². The van der Waals surface area contributed by atoms with Gasteiger partial charge in [0.15, 0.2) is 0 Å². The second-order valence-electron chi connectivity index (χ2n) is 9.22. The molecule has 1 aromatic carbocycles. The molecule has 0 unspecified atom stereocenters. The number of thiophene rings is 1. The quantitative estimate of drug-likeness (QED) is 0.638. The molecule has 164 valence electrons. The van der Waals surface area contributed by atoms with Gasteiger partial charge in [0.2, 0.25) is 5.91 Å². The molecule has 0 fully saturated rings. The molecular weight excluding hydrogens is 394 g/mol. The van der Waals surface area contributed by atoms with E-state index in [0.29, 0.717) is 19.6 Å². The first-order valence-electron chi connectivity index (χ1n) is 10.5. The number of amides is 3. The Morgan fingerprint density at radius 2 is 1.70 bits per heavy atom. The van der Waals surface area contributed by atoms with Crippen molar-refractivity contribution in [2.75, 3.05) is 13.1 Å². The van der Waals surface area contributed by atoms with Gasteiger partial charge >= 0.3 is 6.03 Å². The van der Waals surface area contributed by atoms with Crippen molar-refractivity contribution in [2.45, 2.75) is 60.2 Å². The number of carbonyl (C=O) groups excluding carboxylic acids is 2. The van der Waals surface area contributed by atoms with Crippen LogP contribution in [0.5, 0.6) is 0 Å². The van der Waals surface area contributed by atoms with Gasteiger partial charge in [-0.15, -0.1) is 11.3 Å². The number of rotatable bonds is 8. The molecular formula is C24H35N3O2S. The molecule has 0 saturated carbocycles. The van der Waals surface area contributed by atoms with Crippen molar-refractivity contribution in [3.63, 3.8) is 0 Å². The molecule has 0 atom stereocenters. The van der Waals surface area contributed by atoms with Gasteiger partial charge in [0.1, 0.15) is 6.54 Å². The number of benzene rings is 1. The molecule has 1 heterocycles. The maximum Gasteiger partial charge on any atom is 0.318 e. The molecule has 2 aromatic rings. The lowest BCUT2D eigenvalue weighted by molar-refractivity contribution is -0.133. The number of hydrogen-bond acceptors (Lipinski definition) is 3. The Labute approximate surface area is 185 Å². The summed E-state index contributed by atoms with van der Waals surface area (Å²) in [5.41, 5.74) is 1.91. The van der Waals surface area contributed by atoms with Gasteiger partial charge in [0.05, 0.1) is 6.54 Å². The van der Waals surface area contributed by atoms with Crippen LogP contribution < -0.4 is 5.32 Å². The van der Waals surface area contributed by atoms with Crippen LogP contribution in [0.3, 0.4) is 0 Å². The van der Waals surface area contributed by atoms with Crippen LogP contribution in [-0.2, 0) is 17.9 Å². The third-order valence-electron chi connectivity index (χ3n) is 4.55. The van der Waals surface area contributed by atoms with E-state index in [0.717, 1.165) is 5.56 Å². The molecule has 3 amide bonds. The van der Waals surface area contributed by atoms with Gasteiger partial charge in [0.25, 0.3) is 0 Å². The minimum absolute atomic E-state index is 0.0450. The SMILES string of the molecule is Cc1ccsc1CN(Cc1ccccc1)C(=O)CN(CC(C)C)C(=O)NC(C)(C)C. The second kappa shape index (κ2) is 10.6. The molecule has 0 radical (unpaired) electrons. The van der Waals surface area contributed by atoms with Gasteiger partial charge in [-0.2, -0.15) is 0 Å². The van der Waals surface area contributed by atoms with E-state index < -0.39 is 0 Å². The fraction of sp³-hybridized carbons (Fsp3) is 0.500. The molecule has 1 N–H and O–H groups in total. The van der Waals surface area contributed by atoms with Crippen molar-refractivity contribution in [3.05, 3.63) is 57.8 Å². The van der Waals surface area contributed by atoms with Crippen LogP contribution >= 0.6 is 11.3 Å². The highest BCUT2D eigenvalue weighted by atomic mass is 32.1. The van der Waals surface area contributed by atoms with Crippen LogP contribution in [0.1, 0.15) is 50.6 Å². The van der Waals surface area contributed by atoms with Crippen molar-refractivity contribution in [1.29, 1.82) is 0 Å². The van der Waals surface area contributed by atoms with Gasteiger partial charge in [-0.1, -0.05) is 44.2 Å². The monoisotopic (exact) mass is 429 g/mol. The third kappa shape index (κ3) is 7.82. The minimum atomic E-state index is -0.354. The lowest BCUT2D eigenvalue weighted by atomic mass is 10.1. The average Bonchev–Trinajstić information content (AvgIpc) is 3.04. The molecule has 6 heteroatoms. The Morgan fingerprint density at radius 3 is 2.23 bits per heavy atom. The van der Waals surface area contributed by atoms with E-state index in [4.69, 9.17) is 0 Å². The molecule has 0 aliphatic heterocycles. The molecule has 2 rings (SSSR count). The second-order valence-corrected chi connectivity index (χ2v) is 10.2. The molecule has 0 bridgehead atoms. The van der Waals surface area contributed by atoms with Crippen molar-refractivity contribution in [3.8, 4) is 0 Å². The summed E-state index contributed by atoms with van der Waals surface area (Å²) in [6.45, 7) is 13.7. The van der Waals surface area contributed by atoms with E-state index in [-0.39, 0.29) is 29.9 Å². The number of urea groups is 1. The molecule has 5 nitrogen and oxygen atoms in total. The van der Waals surface area contributed by atoms with Crippen molar-refractivity contribution in [2.24, 2.45) is 5.92 Å². The molecule has 30 heavy (non-hydrogen) atoms. The summed E-state index contributed by atoms with van der Waals surface area (Å²) in [6.07, 6.45) is 0. The number of carbonyl (C=O) groups is 2. The van der Waals surface area contributed by atoms with E-state index in [9.17, 15) is 9.59 Å². The zero-order valence-corrected chi connectivity index (χ0v) is 19.9. The predicted octanol–water partition coefficient (Wildman–Crippen LogP) is 5.05. The standard InChI is InChI=1S/C24H35N3O2S/c1-18(2)14-27(23(29)25-24(4,5)6)17-22(28)26(15-20-10-8-7-9-11-20)16-21-19(3)12-13-30-21/h7-13,18H,14-17H2,1-6H3,(H,25,29). The minimum Gasteiger partial charge on any atom is -0.333 e. The first-order chi connectivity index (χ1) is 14.0. The Bertz CT molecular complexity index is 824. The average molecular weight is 430 g/mol. The summed E-state index contributed by atoms with van der Waals surface area (Å²) in [5.74, 6) is 0.224. The van der Waals surface area contributed by atoms with Crippen molar-refractivity contribution in [1.82, 2.24) is 15.1 Å². The van der Waals surface area contributed by atoms with Crippen LogP contribution in [0.15, 0.2) is 41.8 Å². The molecule has 0 spiro atoms. The number of aryl methyl sites for hydroxylation is 1. The molecule has 0 saturated heterocycles. The van der Waals surface area contributed by atoms with Crippen LogP contribution in [0, 0.1) is 12.8 Å². The summed E-state index contributed by atoms with van der Waals surface area (Å²) < 4.78 is 0. The fourth-order valence-electron chi connectivity index (χ4n) is 3.10. The van der Waals surface area contributed by atoms with Crippen LogP contribution in [-0.4, -0.2) is 40.4 Å². The van der Waals surface area contributed by atoms with Crippen molar-refractivity contribution >= 4 is 23.3 Å². The smallest absolute Gasteiger partial charge is 0.318 e. The van der Waals surface area contributed by atoms with Gasteiger partial charge in [-0.05, 0) is 56.2 Å². The Morgan fingerprint density at radius 1 is 1.03 bits per heavy atom. The van der Waals surface area contributed by atoms with Crippen LogP contribution in [0.25, 0.3) is 0 Å². The fourth-order valence-corrected chi connectivity index (χ4v) is 4.02. The van der Waals surface area contributed by atoms with Crippen molar-refractivity contribution < 1.29 is 9.59 Å². The highest BCUT2D eigenvalue weighted by molar-refractivity contribution is 7.10. The first-order valence-corrected chi connectivity index (χ1v) is 11.3. The predicted molar refractivity (Wildman–Crippen MR) is 124 cm³/mol. The summed E-state index contributed by atoms with van der Waals surface area (Å²) in [6, 6.07) is 11.9. The number of hydrogen-bond donors (Lipinski definition) is 1. The van der Waals surface area contributed by atoms with Crippen LogP contribution in [0.2, 0.25) is 0 Å². The number of nitrogens with one attached hydrogen (secondary N) is 1. The summed E-state index contributed by atoms with van der Waals surface area (Å²) >= 11 is 1.66. The van der Waals surface area contributed by atoms with E-state index >= 15 is 0 Å².